The first kappa shape index (κ1) is 16.1. The molecule has 24 heavy (non-hydrogen) atoms. The highest BCUT2D eigenvalue weighted by atomic mass is 16.2. The lowest BCUT2D eigenvalue weighted by atomic mass is 10.2. The first-order chi connectivity index (χ1) is 11.6. The fourth-order valence-electron chi connectivity index (χ4n) is 2.76. The molecule has 0 aliphatic carbocycles. The molecular formula is C18H20N4O2. The van der Waals surface area contributed by atoms with Crippen molar-refractivity contribution < 1.29 is 9.59 Å². The SMILES string of the molecule is C[C@H](NC(=O)c1ccnc(-c2ccccc2)n1)C(=O)N1CCCC1. The summed E-state index contributed by atoms with van der Waals surface area (Å²) in [5, 5.41) is 2.73. The fraction of sp³-hybridized carbons (Fsp3) is 0.333. The van der Waals surface area contributed by atoms with Crippen molar-refractivity contribution >= 4 is 11.8 Å². The molecule has 1 aliphatic rings. The maximum atomic E-state index is 12.4. The maximum Gasteiger partial charge on any atom is 0.270 e. The Morgan fingerprint density at radius 1 is 1.12 bits per heavy atom. The lowest BCUT2D eigenvalue weighted by molar-refractivity contribution is -0.131. The molecule has 2 heterocycles. The fourth-order valence-corrected chi connectivity index (χ4v) is 2.76. The van der Waals surface area contributed by atoms with Crippen molar-refractivity contribution in [3.8, 4) is 11.4 Å². The van der Waals surface area contributed by atoms with Crippen LogP contribution in [0.25, 0.3) is 11.4 Å². The summed E-state index contributed by atoms with van der Waals surface area (Å²) in [7, 11) is 0. The topological polar surface area (TPSA) is 75.2 Å². The van der Waals surface area contributed by atoms with Gasteiger partial charge in [-0.05, 0) is 25.8 Å². The van der Waals surface area contributed by atoms with Gasteiger partial charge in [-0.15, -0.1) is 0 Å². The third-order valence-corrected chi connectivity index (χ3v) is 4.06. The summed E-state index contributed by atoms with van der Waals surface area (Å²) in [4.78, 5) is 35.0. The molecule has 124 valence electrons. The second-order valence-corrected chi connectivity index (χ2v) is 5.86. The predicted molar refractivity (Wildman–Crippen MR) is 90.2 cm³/mol. The van der Waals surface area contributed by atoms with Crippen LogP contribution < -0.4 is 5.32 Å². The van der Waals surface area contributed by atoms with Gasteiger partial charge in [-0.25, -0.2) is 9.97 Å². The number of aromatic nitrogens is 2. The molecule has 3 rings (SSSR count). The highest BCUT2D eigenvalue weighted by Crippen LogP contribution is 2.14. The van der Waals surface area contributed by atoms with Gasteiger partial charge in [0, 0.05) is 24.8 Å². The second kappa shape index (κ2) is 7.21. The van der Waals surface area contributed by atoms with Gasteiger partial charge < -0.3 is 10.2 Å². The van der Waals surface area contributed by atoms with E-state index in [0.717, 1.165) is 31.5 Å². The molecule has 1 atom stereocenters. The summed E-state index contributed by atoms with van der Waals surface area (Å²) >= 11 is 0. The van der Waals surface area contributed by atoms with Gasteiger partial charge in [0.05, 0.1) is 0 Å². The van der Waals surface area contributed by atoms with Crippen LogP contribution in [-0.4, -0.2) is 45.8 Å². The molecule has 1 N–H and O–H groups in total. The molecule has 6 heteroatoms. The molecule has 0 bridgehead atoms. The van der Waals surface area contributed by atoms with E-state index >= 15 is 0 Å². The van der Waals surface area contributed by atoms with Gasteiger partial charge >= 0.3 is 0 Å². The van der Waals surface area contributed by atoms with E-state index in [1.54, 1.807) is 24.1 Å². The Morgan fingerprint density at radius 2 is 1.83 bits per heavy atom. The molecule has 0 unspecified atom stereocenters. The minimum Gasteiger partial charge on any atom is -0.341 e. The molecule has 0 radical (unpaired) electrons. The first-order valence-electron chi connectivity index (χ1n) is 8.13. The Balaban J connectivity index is 1.70. The van der Waals surface area contributed by atoms with E-state index in [9.17, 15) is 9.59 Å². The molecule has 0 spiro atoms. The van der Waals surface area contributed by atoms with Crippen LogP contribution >= 0.6 is 0 Å². The van der Waals surface area contributed by atoms with Gasteiger partial charge in [-0.2, -0.15) is 0 Å². The van der Waals surface area contributed by atoms with Crippen LogP contribution in [0.1, 0.15) is 30.3 Å². The number of hydrogen-bond donors (Lipinski definition) is 1. The summed E-state index contributed by atoms with van der Waals surface area (Å²) in [6, 6.07) is 10.4. The van der Waals surface area contributed by atoms with Gasteiger partial charge in [-0.3, -0.25) is 9.59 Å². The lowest BCUT2D eigenvalue weighted by Crippen LogP contribution is -2.46. The number of carbonyl (C=O) groups excluding carboxylic acids is 2. The highest BCUT2D eigenvalue weighted by Gasteiger charge is 2.25. The minimum atomic E-state index is -0.564. The van der Waals surface area contributed by atoms with Crippen molar-refractivity contribution in [2.75, 3.05) is 13.1 Å². The van der Waals surface area contributed by atoms with Gasteiger partial charge in [-0.1, -0.05) is 30.3 Å². The number of amides is 2. The third kappa shape index (κ3) is 3.59. The van der Waals surface area contributed by atoms with Crippen molar-refractivity contribution in [3.05, 3.63) is 48.3 Å². The van der Waals surface area contributed by atoms with Crippen molar-refractivity contribution in [3.63, 3.8) is 0 Å². The van der Waals surface area contributed by atoms with Crippen molar-refractivity contribution in [2.24, 2.45) is 0 Å². The van der Waals surface area contributed by atoms with Crippen LogP contribution in [0.4, 0.5) is 0 Å². The van der Waals surface area contributed by atoms with Crippen LogP contribution in [0.2, 0.25) is 0 Å². The van der Waals surface area contributed by atoms with Crippen molar-refractivity contribution in [2.45, 2.75) is 25.8 Å². The van der Waals surface area contributed by atoms with Crippen molar-refractivity contribution in [1.82, 2.24) is 20.2 Å². The number of rotatable bonds is 4. The average Bonchev–Trinajstić information content (AvgIpc) is 3.16. The smallest absolute Gasteiger partial charge is 0.270 e. The largest absolute Gasteiger partial charge is 0.341 e. The molecule has 1 aromatic carbocycles. The molecule has 0 saturated carbocycles. The van der Waals surface area contributed by atoms with Gasteiger partial charge in [0.2, 0.25) is 5.91 Å². The summed E-state index contributed by atoms with van der Waals surface area (Å²) in [5.74, 6) is 0.0783. The molecule has 2 aromatic rings. The number of likely N-dealkylation sites (tertiary alicyclic amines) is 1. The zero-order valence-electron chi connectivity index (χ0n) is 13.6. The lowest BCUT2D eigenvalue weighted by Gasteiger charge is -2.21. The predicted octanol–water partition coefficient (Wildman–Crippen LogP) is 1.88. The molecular weight excluding hydrogens is 304 g/mol. The standard InChI is InChI=1S/C18H20N4O2/c1-13(18(24)22-11-5-6-12-22)20-17(23)15-9-10-19-16(21-15)14-7-3-2-4-8-14/h2-4,7-10,13H,5-6,11-12H2,1H3,(H,20,23)/t13-/m0/s1. The number of carbonyl (C=O) groups is 2. The molecule has 1 aromatic heterocycles. The number of nitrogens with one attached hydrogen (secondary N) is 1. The van der Waals surface area contributed by atoms with E-state index in [4.69, 9.17) is 0 Å². The monoisotopic (exact) mass is 324 g/mol. The van der Waals surface area contributed by atoms with E-state index in [1.807, 2.05) is 30.3 Å². The maximum absolute atomic E-state index is 12.4. The Kier molecular flexibility index (Phi) is 4.84. The van der Waals surface area contributed by atoms with Crippen LogP contribution in [0.5, 0.6) is 0 Å². The van der Waals surface area contributed by atoms with Crippen LogP contribution in [0, 0.1) is 0 Å². The highest BCUT2D eigenvalue weighted by molar-refractivity contribution is 5.96. The quantitative estimate of drug-likeness (QED) is 0.932. The molecule has 2 amide bonds. The van der Waals surface area contributed by atoms with Crippen LogP contribution in [0.3, 0.4) is 0 Å². The summed E-state index contributed by atoms with van der Waals surface area (Å²) in [5.41, 5.74) is 1.10. The summed E-state index contributed by atoms with van der Waals surface area (Å²) in [6.45, 7) is 3.24. The van der Waals surface area contributed by atoms with Gasteiger partial charge in [0.1, 0.15) is 11.7 Å². The van der Waals surface area contributed by atoms with E-state index in [0.29, 0.717) is 5.82 Å². The summed E-state index contributed by atoms with van der Waals surface area (Å²) < 4.78 is 0. The molecule has 1 aliphatic heterocycles. The van der Waals surface area contributed by atoms with Crippen molar-refractivity contribution in [1.29, 1.82) is 0 Å². The van der Waals surface area contributed by atoms with E-state index in [2.05, 4.69) is 15.3 Å². The number of hydrogen-bond acceptors (Lipinski definition) is 4. The number of benzene rings is 1. The van der Waals surface area contributed by atoms with E-state index < -0.39 is 6.04 Å². The summed E-state index contributed by atoms with van der Waals surface area (Å²) in [6.07, 6.45) is 3.61. The minimum absolute atomic E-state index is 0.0433. The van der Waals surface area contributed by atoms with E-state index in [1.165, 1.54) is 0 Å². The Labute approximate surface area is 140 Å². The number of nitrogens with zero attached hydrogens (tertiary/aromatic N) is 3. The molecule has 1 saturated heterocycles. The van der Waals surface area contributed by atoms with Gasteiger partial charge in [0.25, 0.3) is 5.91 Å². The molecule has 1 fully saturated rings. The zero-order valence-corrected chi connectivity index (χ0v) is 13.6. The average molecular weight is 324 g/mol. The Hall–Kier alpha value is -2.76. The first-order valence-corrected chi connectivity index (χ1v) is 8.13. The van der Waals surface area contributed by atoms with Crippen LogP contribution in [0.15, 0.2) is 42.6 Å². The van der Waals surface area contributed by atoms with E-state index in [-0.39, 0.29) is 17.5 Å². The van der Waals surface area contributed by atoms with Crippen LogP contribution in [-0.2, 0) is 4.79 Å². The molecule has 6 nitrogen and oxygen atoms in total. The Bertz CT molecular complexity index is 727. The Morgan fingerprint density at radius 3 is 2.54 bits per heavy atom. The normalized spacial score (nSPS) is 15.1. The zero-order chi connectivity index (χ0) is 16.9. The van der Waals surface area contributed by atoms with Gasteiger partial charge in [0.15, 0.2) is 5.82 Å². The third-order valence-electron chi connectivity index (χ3n) is 4.06. The second-order valence-electron chi connectivity index (χ2n) is 5.86.